The molecule has 5 nitrogen and oxygen atoms in total. The summed E-state index contributed by atoms with van der Waals surface area (Å²) < 4.78 is 5.38. The fourth-order valence-electron chi connectivity index (χ4n) is 1.83. The molecule has 1 rings (SSSR count). The number of carboxylic acids is 2. The van der Waals surface area contributed by atoms with Crippen molar-refractivity contribution in [2.75, 3.05) is 6.61 Å². The minimum atomic E-state index is -1.57. The van der Waals surface area contributed by atoms with Gasteiger partial charge >= 0.3 is 11.9 Å². The molecule has 1 aliphatic rings. The molecule has 0 radical (unpaired) electrons. The van der Waals surface area contributed by atoms with E-state index in [0.717, 1.165) is 0 Å². The van der Waals surface area contributed by atoms with Gasteiger partial charge in [0.05, 0.1) is 0 Å². The minimum Gasteiger partial charge on any atom is -0.479 e. The highest BCUT2D eigenvalue weighted by molar-refractivity contribution is 5.92. The second-order valence-corrected chi connectivity index (χ2v) is 4.36. The van der Waals surface area contributed by atoms with Crippen LogP contribution < -0.4 is 0 Å². The van der Waals surface area contributed by atoms with Crippen LogP contribution in [-0.4, -0.2) is 34.4 Å². The molecular formula is C15H22O5. The molecule has 2 atom stereocenters. The smallest absolute Gasteiger partial charge is 0.340 e. The van der Waals surface area contributed by atoms with Crippen LogP contribution in [-0.2, 0) is 14.3 Å². The maximum Gasteiger partial charge on any atom is 0.340 e. The largest absolute Gasteiger partial charge is 0.479 e. The lowest BCUT2D eigenvalue weighted by Gasteiger charge is -2.34. The predicted molar refractivity (Wildman–Crippen MR) is 76.5 cm³/mol. The van der Waals surface area contributed by atoms with Crippen LogP contribution in [0.3, 0.4) is 0 Å². The van der Waals surface area contributed by atoms with Crippen LogP contribution in [0.2, 0.25) is 0 Å². The summed E-state index contributed by atoms with van der Waals surface area (Å²) in [6.45, 7) is 8.93. The second kappa shape index (κ2) is 8.32. The van der Waals surface area contributed by atoms with Gasteiger partial charge in [-0.2, -0.15) is 0 Å². The molecule has 0 aromatic carbocycles. The minimum absolute atomic E-state index is 0.0472. The van der Waals surface area contributed by atoms with Gasteiger partial charge in [-0.15, -0.1) is 6.58 Å². The number of allylic oxidation sites excluding steroid dienone is 3. The van der Waals surface area contributed by atoms with Crippen LogP contribution in [0.25, 0.3) is 0 Å². The SMILES string of the molecule is C=CC.CCCOC1(C(=O)O)C=CC=C(C(=O)O)C1C. The molecule has 2 unspecified atom stereocenters. The molecule has 0 saturated heterocycles. The summed E-state index contributed by atoms with van der Waals surface area (Å²) in [6, 6.07) is 0. The normalized spacial score (nSPS) is 24.1. The van der Waals surface area contributed by atoms with Gasteiger partial charge in [0.1, 0.15) is 0 Å². The predicted octanol–water partition coefficient (Wildman–Crippen LogP) is 2.65. The van der Waals surface area contributed by atoms with E-state index in [4.69, 9.17) is 9.84 Å². The zero-order valence-corrected chi connectivity index (χ0v) is 12.1. The van der Waals surface area contributed by atoms with Crippen molar-refractivity contribution in [3.8, 4) is 0 Å². The summed E-state index contributed by atoms with van der Waals surface area (Å²) in [4.78, 5) is 22.4. The van der Waals surface area contributed by atoms with Gasteiger partial charge < -0.3 is 14.9 Å². The Hall–Kier alpha value is -1.88. The summed E-state index contributed by atoms with van der Waals surface area (Å²) in [7, 11) is 0. The maximum absolute atomic E-state index is 11.4. The zero-order valence-electron chi connectivity index (χ0n) is 12.1. The maximum atomic E-state index is 11.4. The van der Waals surface area contributed by atoms with Gasteiger partial charge in [0.15, 0.2) is 5.60 Å². The van der Waals surface area contributed by atoms with E-state index in [1.54, 1.807) is 13.0 Å². The van der Waals surface area contributed by atoms with E-state index < -0.39 is 23.5 Å². The van der Waals surface area contributed by atoms with Crippen molar-refractivity contribution < 1.29 is 24.5 Å². The Morgan fingerprint density at radius 2 is 2.05 bits per heavy atom. The van der Waals surface area contributed by atoms with Crippen molar-refractivity contribution >= 4 is 11.9 Å². The summed E-state index contributed by atoms with van der Waals surface area (Å²) in [6.07, 6.45) is 6.65. The van der Waals surface area contributed by atoms with Crippen molar-refractivity contribution in [3.63, 3.8) is 0 Å². The molecule has 0 saturated carbocycles. The Bertz CT molecular complexity index is 422. The quantitative estimate of drug-likeness (QED) is 0.757. The average molecular weight is 282 g/mol. The van der Waals surface area contributed by atoms with E-state index in [9.17, 15) is 14.7 Å². The monoisotopic (exact) mass is 282 g/mol. The van der Waals surface area contributed by atoms with Crippen molar-refractivity contribution in [2.24, 2.45) is 5.92 Å². The summed E-state index contributed by atoms with van der Waals surface area (Å²) in [5.41, 5.74) is -1.52. The van der Waals surface area contributed by atoms with Gasteiger partial charge in [0, 0.05) is 18.1 Å². The standard InChI is InChI=1S/C12H16O5.C3H6/c1-3-7-17-12(11(15)16)6-4-5-9(8(12)2)10(13)14;1-3-2/h4-6,8H,3,7H2,1-2H3,(H,13,14)(H,15,16);3H,1H2,2H3. The first-order chi connectivity index (χ1) is 9.37. The lowest BCUT2D eigenvalue weighted by Crippen LogP contribution is -2.48. The van der Waals surface area contributed by atoms with Crippen LogP contribution in [0.15, 0.2) is 36.5 Å². The molecule has 0 aromatic rings. The van der Waals surface area contributed by atoms with E-state index >= 15 is 0 Å². The number of rotatable bonds is 5. The Morgan fingerprint density at radius 1 is 1.50 bits per heavy atom. The van der Waals surface area contributed by atoms with E-state index in [1.807, 2.05) is 13.8 Å². The van der Waals surface area contributed by atoms with Gasteiger partial charge in [-0.3, -0.25) is 0 Å². The third-order valence-corrected chi connectivity index (χ3v) is 2.86. The van der Waals surface area contributed by atoms with E-state index in [0.29, 0.717) is 6.42 Å². The van der Waals surface area contributed by atoms with Crippen LogP contribution in [0.4, 0.5) is 0 Å². The molecule has 0 bridgehead atoms. The van der Waals surface area contributed by atoms with E-state index in [1.165, 1.54) is 18.2 Å². The van der Waals surface area contributed by atoms with Gasteiger partial charge in [-0.1, -0.05) is 32.1 Å². The van der Waals surface area contributed by atoms with Gasteiger partial charge in [0.25, 0.3) is 0 Å². The third-order valence-electron chi connectivity index (χ3n) is 2.86. The molecule has 0 heterocycles. The highest BCUT2D eigenvalue weighted by atomic mass is 16.5. The molecule has 2 N–H and O–H groups in total. The number of carbonyl (C=O) groups is 2. The first kappa shape index (κ1) is 18.1. The molecule has 0 fully saturated rings. The number of aliphatic carboxylic acids is 2. The Balaban J connectivity index is 0.00000110. The third kappa shape index (κ3) is 4.06. The van der Waals surface area contributed by atoms with Crippen LogP contribution in [0.5, 0.6) is 0 Å². The van der Waals surface area contributed by atoms with Gasteiger partial charge in [-0.25, -0.2) is 9.59 Å². The molecule has 1 aliphatic carbocycles. The molecule has 112 valence electrons. The number of hydrogen-bond acceptors (Lipinski definition) is 3. The number of carboxylic acid groups (broad SMARTS) is 2. The molecule has 0 amide bonds. The fourth-order valence-corrected chi connectivity index (χ4v) is 1.83. The molecular weight excluding hydrogens is 260 g/mol. The van der Waals surface area contributed by atoms with E-state index in [-0.39, 0.29) is 12.2 Å². The number of hydrogen-bond donors (Lipinski definition) is 2. The molecule has 5 heteroatoms. The first-order valence-corrected chi connectivity index (χ1v) is 6.44. The van der Waals surface area contributed by atoms with Crippen LogP contribution >= 0.6 is 0 Å². The fraction of sp³-hybridized carbons (Fsp3) is 0.467. The van der Waals surface area contributed by atoms with Gasteiger partial charge in [0.2, 0.25) is 0 Å². The average Bonchev–Trinajstić information content (AvgIpc) is 2.38. The Labute approximate surface area is 119 Å². The van der Waals surface area contributed by atoms with Crippen LogP contribution in [0.1, 0.15) is 27.2 Å². The lowest BCUT2D eigenvalue weighted by molar-refractivity contribution is -0.164. The van der Waals surface area contributed by atoms with Crippen molar-refractivity contribution in [2.45, 2.75) is 32.8 Å². The summed E-state index contributed by atoms with van der Waals surface area (Å²) >= 11 is 0. The Morgan fingerprint density at radius 3 is 2.45 bits per heavy atom. The lowest BCUT2D eigenvalue weighted by atomic mass is 9.79. The van der Waals surface area contributed by atoms with Crippen molar-refractivity contribution in [3.05, 3.63) is 36.5 Å². The van der Waals surface area contributed by atoms with Crippen molar-refractivity contribution in [1.82, 2.24) is 0 Å². The highest BCUT2D eigenvalue weighted by Crippen LogP contribution is 2.34. The topological polar surface area (TPSA) is 83.8 Å². The Kier molecular flexibility index (Phi) is 7.54. The summed E-state index contributed by atoms with van der Waals surface area (Å²) in [5.74, 6) is -3.01. The van der Waals surface area contributed by atoms with E-state index in [2.05, 4.69) is 6.58 Å². The van der Waals surface area contributed by atoms with Crippen LogP contribution in [0, 0.1) is 5.92 Å². The molecule has 0 aliphatic heterocycles. The molecule has 20 heavy (non-hydrogen) atoms. The molecule has 0 aromatic heterocycles. The first-order valence-electron chi connectivity index (χ1n) is 6.44. The summed E-state index contributed by atoms with van der Waals surface area (Å²) in [5, 5.41) is 18.3. The molecule has 0 spiro atoms. The number of ether oxygens (including phenoxy) is 1. The highest BCUT2D eigenvalue weighted by Gasteiger charge is 2.47. The zero-order chi connectivity index (χ0) is 15.8. The van der Waals surface area contributed by atoms with Crippen molar-refractivity contribution in [1.29, 1.82) is 0 Å². The second-order valence-electron chi connectivity index (χ2n) is 4.36. The van der Waals surface area contributed by atoms with Gasteiger partial charge in [-0.05, 0) is 19.4 Å².